The molecule has 0 aliphatic carbocycles. The molecule has 0 aliphatic rings. The van der Waals surface area contributed by atoms with E-state index in [-0.39, 0.29) is 0 Å². The first-order chi connectivity index (χ1) is 6.27. The number of benzene rings is 1. The van der Waals surface area contributed by atoms with E-state index in [1.54, 1.807) is 0 Å². The van der Waals surface area contributed by atoms with Crippen LogP contribution in [0.3, 0.4) is 0 Å². The first kappa shape index (κ1) is 8.49. The lowest BCUT2D eigenvalue weighted by Gasteiger charge is -2.00. The van der Waals surface area contributed by atoms with E-state index in [1.807, 2.05) is 18.2 Å². The monoisotopic (exact) mass is 286 g/mol. The fourth-order valence-electron chi connectivity index (χ4n) is 1.02. The van der Waals surface area contributed by atoms with Gasteiger partial charge in [-0.1, -0.05) is 0 Å². The minimum Gasteiger partial charge on any atom is -0.398 e. The molecule has 0 radical (unpaired) electrons. The molecule has 2 aromatic rings. The highest BCUT2D eigenvalue weighted by molar-refractivity contribution is 14.1. The van der Waals surface area contributed by atoms with Crippen molar-refractivity contribution in [1.29, 1.82) is 0 Å². The Morgan fingerprint density at radius 3 is 2.85 bits per heavy atom. The molecule has 0 fully saturated rings. The van der Waals surface area contributed by atoms with E-state index in [0.717, 1.165) is 20.6 Å². The van der Waals surface area contributed by atoms with Gasteiger partial charge >= 0.3 is 0 Å². The molecule has 0 atom stereocenters. The zero-order chi connectivity index (χ0) is 9.26. The molecule has 5 heteroatoms. The van der Waals surface area contributed by atoms with E-state index < -0.39 is 0 Å². The summed E-state index contributed by atoms with van der Waals surface area (Å²) in [7, 11) is 0. The standard InChI is InChI=1S/C8H7IN4/c9-6-3-5(1-2-7(6)10)8-11-4-12-13-8/h1-4H,10H2,(H,11,12,13). The van der Waals surface area contributed by atoms with Crippen molar-refractivity contribution in [2.75, 3.05) is 5.73 Å². The van der Waals surface area contributed by atoms with E-state index in [4.69, 9.17) is 5.73 Å². The van der Waals surface area contributed by atoms with Crippen LogP contribution < -0.4 is 5.73 Å². The summed E-state index contributed by atoms with van der Waals surface area (Å²) in [6.45, 7) is 0. The molecule has 1 aromatic carbocycles. The summed E-state index contributed by atoms with van der Waals surface area (Å²) in [5, 5.41) is 6.58. The van der Waals surface area contributed by atoms with Crippen LogP contribution in [0.5, 0.6) is 0 Å². The molecule has 0 amide bonds. The van der Waals surface area contributed by atoms with Gasteiger partial charge in [-0.15, -0.1) is 0 Å². The molecule has 66 valence electrons. The van der Waals surface area contributed by atoms with Crippen molar-refractivity contribution >= 4 is 28.3 Å². The van der Waals surface area contributed by atoms with Gasteiger partial charge in [0.25, 0.3) is 0 Å². The van der Waals surface area contributed by atoms with Gasteiger partial charge < -0.3 is 5.73 Å². The van der Waals surface area contributed by atoms with E-state index in [2.05, 4.69) is 37.8 Å². The Hall–Kier alpha value is -1.11. The van der Waals surface area contributed by atoms with Crippen molar-refractivity contribution in [3.63, 3.8) is 0 Å². The third kappa shape index (κ3) is 1.64. The second kappa shape index (κ2) is 3.33. The topological polar surface area (TPSA) is 67.6 Å². The Balaban J connectivity index is 2.49. The first-order valence-electron chi connectivity index (χ1n) is 3.68. The van der Waals surface area contributed by atoms with Crippen molar-refractivity contribution < 1.29 is 0 Å². The molecule has 0 aliphatic heterocycles. The number of aromatic amines is 1. The molecule has 2 rings (SSSR count). The van der Waals surface area contributed by atoms with E-state index in [1.165, 1.54) is 6.33 Å². The lowest BCUT2D eigenvalue weighted by atomic mass is 10.2. The number of halogens is 1. The van der Waals surface area contributed by atoms with Gasteiger partial charge in [-0.05, 0) is 40.8 Å². The van der Waals surface area contributed by atoms with Gasteiger partial charge in [0.15, 0.2) is 5.82 Å². The number of anilines is 1. The minimum absolute atomic E-state index is 0.762. The molecule has 0 spiro atoms. The van der Waals surface area contributed by atoms with Gasteiger partial charge in [-0.3, -0.25) is 5.10 Å². The van der Waals surface area contributed by atoms with Gasteiger partial charge in [0.1, 0.15) is 6.33 Å². The van der Waals surface area contributed by atoms with Crippen LogP contribution in [-0.4, -0.2) is 15.2 Å². The number of hydrogen-bond donors (Lipinski definition) is 2. The average Bonchev–Trinajstić information content (AvgIpc) is 2.62. The van der Waals surface area contributed by atoms with Gasteiger partial charge in [0.05, 0.1) is 0 Å². The fourth-order valence-corrected chi connectivity index (χ4v) is 1.53. The first-order valence-corrected chi connectivity index (χ1v) is 4.76. The summed E-state index contributed by atoms with van der Waals surface area (Å²) in [5.74, 6) is 0.762. The van der Waals surface area contributed by atoms with Crippen LogP contribution in [0.2, 0.25) is 0 Å². The lowest BCUT2D eigenvalue weighted by molar-refractivity contribution is 1.09. The van der Waals surface area contributed by atoms with Gasteiger partial charge in [0, 0.05) is 14.8 Å². The van der Waals surface area contributed by atoms with Crippen molar-refractivity contribution in [3.05, 3.63) is 28.1 Å². The molecule has 0 saturated heterocycles. The molecule has 0 bridgehead atoms. The lowest BCUT2D eigenvalue weighted by Crippen LogP contribution is -1.90. The number of H-pyrrole nitrogens is 1. The number of nitrogens with zero attached hydrogens (tertiary/aromatic N) is 2. The zero-order valence-electron chi connectivity index (χ0n) is 6.66. The third-order valence-corrected chi connectivity index (χ3v) is 2.62. The summed E-state index contributed by atoms with van der Waals surface area (Å²) >= 11 is 2.19. The SMILES string of the molecule is Nc1ccc(-c2ncn[nH]2)cc1I. The van der Waals surface area contributed by atoms with E-state index in [9.17, 15) is 0 Å². The summed E-state index contributed by atoms with van der Waals surface area (Å²) in [6, 6.07) is 5.74. The number of aromatic nitrogens is 3. The highest BCUT2D eigenvalue weighted by atomic mass is 127. The van der Waals surface area contributed by atoms with Crippen LogP contribution in [0.25, 0.3) is 11.4 Å². The zero-order valence-corrected chi connectivity index (χ0v) is 8.82. The number of rotatable bonds is 1. The molecule has 3 N–H and O–H groups in total. The van der Waals surface area contributed by atoms with E-state index in [0.29, 0.717) is 0 Å². The van der Waals surface area contributed by atoms with Crippen LogP contribution in [0, 0.1) is 3.57 Å². The molecule has 0 unspecified atom stereocenters. The van der Waals surface area contributed by atoms with Crippen LogP contribution in [-0.2, 0) is 0 Å². The minimum atomic E-state index is 0.762. The maximum atomic E-state index is 5.69. The summed E-state index contributed by atoms with van der Waals surface area (Å²) in [5.41, 5.74) is 7.47. The van der Waals surface area contributed by atoms with Crippen molar-refractivity contribution in [3.8, 4) is 11.4 Å². The molecular formula is C8H7IN4. The molecule has 4 nitrogen and oxygen atoms in total. The Labute approximate surface area is 88.7 Å². The smallest absolute Gasteiger partial charge is 0.155 e. The number of hydrogen-bond acceptors (Lipinski definition) is 3. The molecule has 1 aromatic heterocycles. The largest absolute Gasteiger partial charge is 0.398 e. The van der Waals surface area contributed by atoms with Gasteiger partial charge in [-0.2, -0.15) is 5.10 Å². The Bertz CT molecular complexity index is 410. The Kier molecular flexibility index (Phi) is 2.17. The van der Waals surface area contributed by atoms with Gasteiger partial charge in [0.2, 0.25) is 0 Å². The molecule has 1 heterocycles. The predicted molar refractivity (Wildman–Crippen MR) is 58.9 cm³/mol. The quantitative estimate of drug-likeness (QED) is 0.619. The number of nitrogen functional groups attached to an aromatic ring is 1. The Morgan fingerprint density at radius 2 is 2.23 bits per heavy atom. The average molecular weight is 286 g/mol. The van der Waals surface area contributed by atoms with E-state index >= 15 is 0 Å². The van der Waals surface area contributed by atoms with Crippen molar-refractivity contribution in [1.82, 2.24) is 15.2 Å². The van der Waals surface area contributed by atoms with Crippen LogP contribution >= 0.6 is 22.6 Å². The summed E-state index contributed by atoms with van der Waals surface area (Å²) in [6.07, 6.45) is 1.48. The maximum absolute atomic E-state index is 5.69. The van der Waals surface area contributed by atoms with Crippen LogP contribution in [0.1, 0.15) is 0 Å². The number of nitrogens with two attached hydrogens (primary N) is 1. The highest BCUT2D eigenvalue weighted by Gasteiger charge is 2.02. The highest BCUT2D eigenvalue weighted by Crippen LogP contribution is 2.21. The summed E-state index contributed by atoms with van der Waals surface area (Å²) < 4.78 is 1.02. The second-order valence-corrected chi connectivity index (χ2v) is 3.73. The summed E-state index contributed by atoms with van der Waals surface area (Å²) in [4.78, 5) is 4.05. The maximum Gasteiger partial charge on any atom is 0.155 e. The third-order valence-electron chi connectivity index (χ3n) is 1.69. The second-order valence-electron chi connectivity index (χ2n) is 2.57. The molecular weight excluding hydrogens is 279 g/mol. The van der Waals surface area contributed by atoms with Crippen LogP contribution in [0.4, 0.5) is 5.69 Å². The predicted octanol–water partition coefficient (Wildman–Crippen LogP) is 1.66. The Morgan fingerprint density at radius 1 is 1.38 bits per heavy atom. The van der Waals surface area contributed by atoms with Gasteiger partial charge in [-0.25, -0.2) is 4.98 Å². The fraction of sp³-hybridized carbons (Fsp3) is 0. The van der Waals surface area contributed by atoms with Crippen molar-refractivity contribution in [2.45, 2.75) is 0 Å². The number of nitrogens with one attached hydrogen (secondary N) is 1. The normalized spacial score (nSPS) is 10.2. The molecule has 0 saturated carbocycles. The van der Waals surface area contributed by atoms with Crippen LogP contribution in [0.15, 0.2) is 24.5 Å². The van der Waals surface area contributed by atoms with Crippen molar-refractivity contribution in [2.24, 2.45) is 0 Å². The molecule has 13 heavy (non-hydrogen) atoms.